The molecule has 10 nitrogen and oxygen atoms in total. The molecule has 1 fully saturated rings. The number of hydrogen-bond acceptors (Lipinski definition) is 9. The number of aliphatic hydroxyl groups is 3. The number of imide groups is 3. The van der Waals surface area contributed by atoms with E-state index in [1.807, 2.05) is 35.6 Å². The van der Waals surface area contributed by atoms with E-state index in [4.69, 9.17) is 4.74 Å². The zero-order valence-electron chi connectivity index (χ0n) is 20.2. The number of fused-ring (bicyclic) bond motifs is 1. The van der Waals surface area contributed by atoms with Crippen molar-refractivity contribution in [2.75, 3.05) is 27.4 Å². The van der Waals surface area contributed by atoms with Gasteiger partial charge in [-0.3, -0.25) is 9.59 Å². The van der Waals surface area contributed by atoms with Gasteiger partial charge in [-0.1, -0.05) is 11.6 Å². The summed E-state index contributed by atoms with van der Waals surface area (Å²) in [5, 5.41) is 41.3. The van der Waals surface area contributed by atoms with Gasteiger partial charge in [0, 0.05) is 5.92 Å². The number of carbonyl (C=O) groups is 3. The molecule has 4 atom stereocenters. The summed E-state index contributed by atoms with van der Waals surface area (Å²) in [6.07, 6.45) is 0.415. The number of methoxy groups -OCH3 is 2. The topological polar surface area (TPSA) is 154 Å². The Hall–Kier alpha value is -2.48. The number of benzene rings is 1. The first-order chi connectivity index (χ1) is 17.1. The summed E-state index contributed by atoms with van der Waals surface area (Å²) in [7, 11) is 2.53. The Bertz CT molecular complexity index is 1110. The van der Waals surface area contributed by atoms with Crippen LogP contribution in [0.5, 0.6) is 11.5 Å². The van der Waals surface area contributed by atoms with Crippen molar-refractivity contribution in [3.8, 4) is 11.5 Å². The highest BCUT2D eigenvalue weighted by molar-refractivity contribution is 14.1. The number of hydrogen-bond donors (Lipinski definition) is 4. The van der Waals surface area contributed by atoms with Crippen LogP contribution in [0.25, 0.3) is 6.08 Å². The summed E-state index contributed by atoms with van der Waals surface area (Å²) in [4.78, 5) is 38.2. The summed E-state index contributed by atoms with van der Waals surface area (Å²) >= 11 is 2.01. The molecule has 1 heterocycles. The number of aliphatic hydroxyl groups excluding tert-OH is 3. The molecule has 0 saturated carbocycles. The number of allylic oxidation sites excluding steroid dienone is 1. The van der Waals surface area contributed by atoms with Crippen LogP contribution in [0.2, 0.25) is 0 Å². The molecule has 3 amide bonds. The van der Waals surface area contributed by atoms with Crippen LogP contribution in [0.3, 0.4) is 0 Å². The molecule has 1 aromatic carbocycles. The molecule has 1 saturated heterocycles. The van der Waals surface area contributed by atoms with Gasteiger partial charge < -0.3 is 29.9 Å². The molecule has 0 unspecified atom stereocenters. The average Bonchev–Trinajstić information content (AvgIpc) is 3.12. The van der Waals surface area contributed by atoms with Crippen LogP contribution in [0, 0.1) is 21.3 Å². The summed E-state index contributed by atoms with van der Waals surface area (Å²) in [6, 6.07) is 3.49. The lowest BCUT2D eigenvalue weighted by molar-refractivity contribution is -0.137. The zero-order chi connectivity index (χ0) is 26.7. The van der Waals surface area contributed by atoms with Gasteiger partial charge in [0.2, 0.25) is 11.8 Å². The number of rotatable bonds is 8. The first kappa shape index (κ1) is 28.1. The van der Waals surface area contributed by atoms with Crippen molar-refractivity contribution in [3.05, 3.63) is 38.0 Å². The molecule has 0 aromatic heterocycles. The van der Waals surface area contributed by atoms with Crippen molar-refractivity contribution < 1.29 is 44.3 Å². The van der Waals surface area contributed by atoms with Gasteiger partial charge in [-0.05, 0) is 77.6 Å². The molecule has 4 N–H and O–H groups in total. The lowest BCUT2D eigenvalue weighted by Gasteiger charge is -2.36. The van der Waals surface area contributed by atoms with Crippen molar-refractivity contribution in [3.63, 3.8) is 0 Å². The fourth-order valence-electron chi connectivity index (χ4n) is 5.09. The third-order valence-electron chi connectivity index (χ3n) is 6.78. The molecule has 36 heavy (non-hydrogen) atoms. The number of amides is 3. The van der Waals surface area contributed by atoms with Crippen LogP contribution in [0.1, 0.15) is 31.7 Å². The third kappa shape index (κ3) is 5.29. The summed E-state index contributed by atoms with van der Waals surface area (Å²) in [6.45, 7) is 0.895. The highest BCUT2D eigenvalue weighted by atomic mass is 127. The first-order valence-electron chi connectivity index (χ1n) is 11.4. The largest absolute Gasteiger partial charge is 0.504 e. The van der Waals surface area contributed by atoms with E-state index < -0.39 is 55.0 Å². The van der Waals surface area contributed by atoms with E-state index in [0.717, 1.165) is 18.2 Å². The molecule has 0 bridgehead atoms. The number of ether oxygens (including phenoxy) is 2. The first-order valence-corrected chi connectivity index (χ1v) is 12.5. The Morgan fingerprint density at radius 2 is 1.94 bits per heavy atom. The number of aromatic hydroxyl groups is 1. The van der Waals surface area contributed by atoms with Gasteiger partial charge in [0.05, 0.1) is 48.9 Å². The fraction of sp³-hybridized carbons (Fsp3) is 0.480. The van der Waals surface area contributed by atoms with Crippen molar-refractivity contribution in [2.45, 2.75) is 32.3 Å². The number of phenols is 1. The molecule has 11 heteroatoms. The third-order valence-corrected chi connectivity index (χ3v) is 7.61. The van der Waals surface area contributed by atoms with Gasteiger partial charge >= 0.3 is 6.09 Å². The van der Waals surface area contributed by atoms with E-state index in [0.29, 0.717) is 31.8 Å². The molecule has 0 spiro atoms. The molecule has 2 aliphatic rings. The Balaban J connectivity index is 1.82. The van der Waals surface area contributed by atoms with Gasteiger partial charge in [-0.2, -0.15) is 4.90 Å². The smallest absolute Gasteiger partial charge is 0.423 e. The second kappa shape index (κ2) is 11.7. The highest BCUT2D eigenvalue weighted by Crippen LogP contribution is 2.46. The Labute approximate surface area is 222 Å². The lowest BCUT2D eigenvalue weighted by atomic mass is 9.68. The van der Waals surface area contributed by atoms with Crippen LogP contribution in [0.15, 0.2) is 28.9 Å². The number of carbonyl (C=O) groups excluding carboxylic acids is 3. The van der Waals surface area contributed by atoms with E-state index >= 15 is 0 Å². The predicted octanol–water partition coefficient (Wildman–Crippen LogP) is 2.22. The maximum absolute atomic E-state index is 12.9. The van der Waals surface area contributed by atoms with Crippen molar-refractivity contribution in [1.82, 2.24) is 4.90 Å². The van der Waals surface area contributed by atoms with Crippen molar-refractivity contribution in [2.24, 2.45) is 17.8 Å². The highest BCUT2D eigenvalue weighted by Gasteiger charge is 2.57. The minimum atomic E-state index is -1.09. The van der Waals surface area contributed by atoms with E-state index in [1.165, 1.54) is 7.11 Å². The van der Waals surface area contributed by atoms with E-state index in [-0.39, 0.29) is 18.6 Å². The number of likely N-dealkylation sites (tertiary alicyclic amines) is 1. The molecule has 196 valence electrons. The maximum atomic E-state index is 12.9. The van der Waals surface area contributed by atoms with Crippen LogP contribution in [-0.4, -0.2) is 76.8 Å². The fourth-order valence-corrected chi connectivity index (χ4v) is 5.71. The minimum absolute atomic E-state index is 0.00267. The molecule has 1 aromatic rings. The number of phenolic OH excluding ortho intramolecular Hbond substituents is 1. The average molecular weight is 615 g/mol. The molecule has 1 aliphatic heterocycles. The van der Waals surface area contributed by atoms with Gasteiger partial charge in [-0.15, -0.1) is 0 Å². The van der Waals surface area contributed by atoms with E-state index in [9.17, 15) is 34.8 Å². The molecular formula is C25H30INO9. The van der Waals surface area contributed by atoms with Crippen molar-refractivity contribution in [1.29, 1.82) is 0 Å². The van der Waals surface area contributed by atoms with Gasteiger partial charge in [0.1, 0.15) is 0 Å². The molecule has 0 radical (unpaired) electrons. The number of nitrogens with zero attached hydrogens (tertiary/aromatic N) is 1. The van der Waals surface area contributed by atoms with Crippen LogP contribution >= 0.6 is 22.6 Å². The number of halogens is 1. The summed E-state index contributed by atoms with van der Waals surface area (Å²) < 4.78 is 10.4. The van der Waals surface area contributed by atoms with Crippen LogP contribution < -0.4 is 4.74 Å². The molecular weight excluding hydrogens is 585 g/mol. The summed E-state index contributed by atoms with van der Waals surface area (Å²) in [5.74, 6) is -3.96. The Morgan fingerprint density at radius 1 is 1.25 bits per heavy atom. The predicted molar refractivity (Wildman–Crippen MR) is 137 cm³/mol. The zero-order valence-corrected chi connectivity index (χ0v) is 22.4. The van der Waals surface area contributed by atoms with E-state index in [1.54, 1.807) is 12.1 Å². The van der Waals surface area contributed by atoms with Crippen LogP contribution in [0.4, 0.5) is 4.79 Å². The monoisotopic (exact) mass is 615 g/mol. The van der Waals surface area contributed by atoms with E-state index in [2.05, 4.69) is 4.74 Å². The maximum Gasteiger partial charge on any atom is 0.423 e. The lowest BCUT2D eigenvalue weighted by Crippen LogP contribution is -2.40. The standard InChI is InChI=1S/C25H30INO9/c1-12(6-13-7-17(26)22(31)19(8-13)35-2)4-5-18(30)20-14(10-28)9-15-21(16(20)11-29)24(33)27(23(15)32)25(34)36-3/h6-8,15-16,18,21,28-31H,4-5,9-11H2,1-3H3/b12-6+/t15-,16+,18-,21-/m1/s1. The quantitative estimate of drug-likeness (QED) is 0.196. The van der Waals surface area contributed by atoms with Gasteiger partial charge in [-0.25, -0.2) is 4.79 Å². The Morgan fingerprint density at radius 3 is 2.53 bits per heavy atom. The molecule has 3 rings (SSSR count). The SMILES string of the molecule is COC(=O)N1C(=O)[C@@H]2[C@@H](CC(CO)=C([C@H](O)CC/C(C)=C/c3cc(I)c(O)c(OC)c3)[C@@H]2CO)C1=O. The summed E-state index contributed by atoms with van der Waals surface area (Å²) in [5.41, 5.74) is 2.45. The van der Waals surface area contributed by atoms with Crippen LogP contribution in [-0.2, 0) is 14.3 Å². The van der Waals surface area contributed by atoms with Crippen molar-refractivity contribution >= 4 is 46.6 Å². The second-order valence-electron chi connectivity index (χ2n) is 8.92. The normalized spacial score (nSPS) is 23.1. The van der Waals surface area contributed by atoms with Gasteiger partial charge in [0.15, 0.2) is 11.5 Å². The molecule has 1 aliphatic carbocycles. The van der Waals surface area contributed by atoms with Gasteiger partial charge in [0.25, 0.3) is 0 Å². The minimum Gasteiger partial charge on any atom is -0.504 e. The Kier molecular flexibility index (Phi) is 9.14. The second-order valence-corrected chi connectivity index (χ2v) is 10.1.